The number of amides is 1. The predicted molar refractivity (Wildman–Crippen MR) is 76.2 cm³/mol. The Kier molecular flexibility index (Phi) is 5.14. The van der Waals surface area contributed by atoms with Crippen molar-refractivity contribution in [1.29, 1.82) is 0 Å². The number of nitrogens with one attached hydrogen (secondary N) is 1. The highest BCUT2D eigenvalue weighted by Crippen LogP contribution is 2.09. The van der Waals surface area contributed by atoms with Gasteiger partial charge in [0.1, 0.15) is 0 Å². The maximum absolute atomic E-state index is 12.0. The van der Waals surface area contributed by atoms with Gasteiger partial charge in [0.15, 0.2) is 5.76 Å². The molecule has 20 heavy (non-hydrogen) atoms. The molecule has 1 saturated heterocycles. The minimum atomic E-state index is 0.189. The summed E-state index contributed by atoms with van der Waals surface area (Å²) in [6, 6.07) is 2.30. The lowest BCUT2D eigenvalue weighted by atomic mass is 10.2. The zero-order chi connectivity index (χ0) is 14.5. The lowest BCUT2D eigenvalue weighted by Crippen LogP contribution is -2.50. The molecule has 1 amide bonds. The first kappa shape index (κ1) is 15.0. The van der Waals surface area contributed by atoms with Crippen molar-refractivity contribution in [2.45, 2.75) is 33.4 Å². The van der Waals surface area contributed by atoms with Crippen molar-refractivity contribution >= 4 is 5.91 Å². The van der Waals surface area contributed by atoms with Crippen molar-refractivity contribution in [3.05, 3.63) is 17.5 Å². The molecule has 1 aromatic rings. The zero-order valence-corrected chi connectivity index (χ0v) is 12.6. The normalized spacial score (nSPS) is 16.9. The Morgan fingerprint density at radius 3 is 2.65 bits per heavy atom. The maximum atomic E-state index is 12.0. The van der Waals surface area contributed by atoms with Crippen molar-refractivity contribution in [2.24, 2.45) is 0 Å². The summed E-state index contributed by atoms with van der Waals surface area (Å²) in [7, 11) is 0. The largest absolute Gasteiger partial charge is 0.360 e. The summed E-state index contributed by atoms with van der Waals surface area (Å²) in [6.07, 6.45) is 0. The lowest BCUT2D eigenvalue weighted by molar-refractivity contribution is -0.132. The fourth-order valence-corrected chi connectivity index (χ4v) is 2.27. The van der Waals surface area contributed by atoms with Gasteiger partial charge in [-0.15, -0.1) is 0 Å². The molecule has 1 fully saturated rings. The molecule has 0 atom stereocenters. The second-order valence-electron chi connectivity index (χ2n) is 5.63. The van der Waals surface area contributed by atoms with Gasteiger partial charge in [0, 0.05) is 38.3 Å². The molecule has 0 aromatic carbocycles. The minimum absolute atomic E-state index is 0.189. The highest BCUT2D eigenvalue weighted by molar-refractivity contribution is 5.78. The molecule has 0 radical (unpaired) electrons. The van der Waals surface area contributed by atoms with E-state index < -0.39 is 0 Å². The van der Waals surface area contributed by atoms with E-state index in [9.17, 15) is 4.79 Å². The summed E-state index contributed by atoms with van der Waals surface area (Å²) >= 11 is 0. The van der Waals surface area contributed by atoms with Gasteiger partial charge in [-0.05, 0) is 6.92 Å². The van der Waals surface area contributed by atoms with Crippen molar-refractivity contribution in [1.82, 2.24) is 20.3 Å². The third-order valence-corrected chi connectivity index (χ3v) is 3.44. The molecule has 112 valence electrons. The number of carbonyl (C=O) groups is 1. The van der Waals surface area contributed by atoms with Crippen molar-refractivity contribution in [3.63, 3.8) is 0 Å². The van der Waals surface area contributed by atoms with Crippen molar-refractivity contribution in [2.75, 3.05) is 32.7 Å². The highest BCUT2D eigenvalue weighted by atomic mass is 16.5. The number of hydrogen-bond donors (Lipinski definition) is 1. The Hall–Kier alpha value is -1.40. The Morgan fingerprint density at radius 1 is 1.40 bits per heavy atom. The van der Waals surface area contributed by atoms with Crippen LogP contribution in [0.4, 0.5) is 0 Å². The molecule has 6 nitrogen and oxygen atoms in total. The molecular formula is C14H24N4O2. The van der Waals surface area contributed by atoms with Gasteiger partial charge in [0.05, 0.1) is 18.8 Å². The van der Waals surface area contributed by atoms with Crippen LogP contribution in [0.5, 0.6) is 0 Å². The zero-order valence-electron chi connectivity index (χ0n) is 12.6. The summed E-state index contributed by atoms with van der Waals surface area (Å²) in [5, 5.41) is 7.06. The predicted octanol–water partition coefficient (Wildman–Crippen LogP) is 0.625. The number of hydrogen-bond acceptors (Lipinski definition) is 5. The molecule has 1 aliphatic rings. The monoisotopic (exact) mass is 280 g/mol. The topological polar surface area (TPSA) is 61.6 Å². The van der Waals surface area contributed by atoms with E-state index in [4.69, 9.17) is 4.52 Å². The first-order valence-corrected chi connectivity index (χ1v) is 7.20. The first-order chi connectivity index (χ1) is 9.54. The van der Waals surface area contributed by atoms with Gasteiger partial charge in [-0.3, -0.25) is 9.69 Å². The number of piperazine rings is 1. The highest BCUT2D eigenvalue weighted by Gasteiger charge is 2.21. The van der Waals surface area contributed by atoms with Crippen LogP contribution < -0.4 is 5.32 Å². The molecule has 0 spiro atoms. The van der Waals surface area contributed by atoms with Crippen LogP contribution in [0.25, 0.3) is 0 Å². The molecule has 0 unspecified atom stereocenters. The number of aryl methyl sites for hydroxylation is 1. The maximum Gasteiger partial charge on any atom is 0.236 e. The molecule has 6 heteroatoms. The van der Waals surface area contributed by atoms with Crippen LogP contribution in [0.2, 0.25) is 0 Å². The summed E-state index contributed by atoms with van der Waals surface area (Å²) in [5.74, 6) is 1.08. The second-order valence-corrected chi connectivity index (χ2v) is 5.63. The molecule has 0 bridgehead atoms. The molecule has 0 saturated carbocycles. The Bertz CT molecular complexity index is 436. The Morgan fingerprint density at radius 2 is 2.10 bits per heavy atom. The van der Waals surface area contributed by atoms with E-state index in [1.165, 1.54) is 0 Å². The summed E-state index contributed by atoms with van der Waals surface area (Å²) in [6.45, 7) is 10.5. The van der Waals surface area contributed by atoms with E-state index in [0.717, 1.165) is 44.2 Å². The average Bonchev–Trinajstić information content (AvgIpc) is 2.82. The minimum Gasteiger partial charge on any atom is -0.360 e. The number of nitrogens with zero attached hydrogens (tertiary/aromatic N) is 3. The molecule has 0 aliphatic carbocycles. The van der Waals surface area contributed by atoms with E-state index in [0.29, 0.717) is 12.6 Å². The van der Waals surface area contributed by atoms with Crippen LogP contribution in [0.15, 0.2) is 10.6 Å². The Balaban J connectivity index is 1.73. The summed E-state index contributed by atoms with van der Waals surface area (Å²) < 4.78 is 5.22. The fourth-order valence-electron chi connectivity index (χ4n) is 2.27. The van der Waals surface area contributed by atoms with E-state index in [2.05, 4.69) is 15.4 Å². The molecule has 2 heterocycles. The lowest BCUT2D eigenvalue weighted by Gasteiger charge is -2.34. The quantitative estimate of drug-likeness (QED) is 0.857. The third-order valence-electron chi connectivity index (χ3n) is 3.44. The van der Waals surface area contributed by atoms with Gasteiger partial charge in [0.2, 0.25) is 5.91 Å². The average molecular weight is 280 g/mol. The van der Waals surface area contributed by atoms with Crippen molar-refractivity contribution < 1.29 is 9.32 Å². The van der Waals surface area contributed by atoms with Gasteiger partial charge < -0.3 is 14.7 Å². The van der Waals surface area contributed by atoms with Crippen LogP contribution in [-0.2, 0) is 11.3 Å². The van der Waals surface area contributed by atoms with Gasteiger partial charge in [0.25, 0.3) is 0 Å². The van der Waals surface area contributed by atoms with E-state index in [1.807, 2.05) is 31.7 Å². The van der Waals surface area contributed by atoms with E-state index in [-0.39, 0.29) is 5.91 Å². The van der Waals surface area contributed by atoms with Gasteiger partial charge in [-0.1, -0.05) is 19.0 Å². The smallest absolute Gasteiger partial charge is 0.236 e. The standard InChI is InChI=1S/C14H24N4O2/c1-11(2)15-9-14(19)18-6-4-17(5-7-18)10-13-8-12(3)16-20-13/h8,11,15H,4-7,9-10H2,1-3H3. The molecule has 1 N–H and O–H groups in total. The fraction of sp³-hybridized carbons (Fsp3) is 0.714. The van der Waals surface area contributed by atoms with Crippen LogP contribution in [-0.4, -0.2) is 59.6 Å². The summed E-state index contributed by atoms with van der Waals surface area (Å²) in [4.78, 5) is 16.2. The number of rotatable bonds is 5. The first-order valence-electron chi connectivity index (χ1n) is 7.20. The van der Waals surface area contributed by atoms with Gasteiger partial charge in [-0.25, -0.2) is 0 Å². The second kappa shape index (κ2) is 6.85. The van der Waals surface area contributed by atoms with Gasteiger partial charge in [-0.2, -0.15) is 0 Å². The van der Waals surface area contributed by atoms with Crippen LogP contribution in [0.3, 0.4) is 0 Å². The van der Waals surface area contributed by atoms with Crippen LogP contribution in [0, 0.1) is 6.92 Å². The summed E-state index contributed by atoms with van der Waals surface area (Å²) in [5.41, 5.74) is 0.911. The van der Waals surface area contributed by atoms with Crippen molar-refractivity contribution in [3.8, 4) is 0 Å². The molecule has 1 aliphatic heterocycles. The Labute approximate surface area is 120 Å². The van der Waals surface area contributed by atoms with Gasteiger partial charge >= 0.3 is 0 Å². The SMILES string of the molecule is Cc1cc(CN2CCN(C(=O)CNC(C)C)CC2)on1. The molecule has 2 rings (SSSR count). The third kappa shape index (κ3) is 4.31. The number of carbonyl (C=O) groups excluding carboxylic acids is 1. The molecule has 1 aromatic heterocycles. The molecular weight excluding hydrogens is 256 g/mol. The van der Waals surface area contributed by atoms with Crippen LogP contribution in [0.1, 0.15) is 25.3 Å². The van der Waals surface area contributed by atoms with Crippen LogP contribution >= 0.6 is 0 Å². The van der Waals surface area contributed by atoms with E-state index >= 15 is 0 Å². The number of aromatic nitrogens is 1. The van der Waals surface area contributed by atoms with E-state index in [1.54, 1.807) is 0 Å².